The molecule has 2 aromatic carbocycles. The summed E-state index contributed by atoms with van der Waals surface area (Å²) in [5.74, 6) is -1.56. The Morgan fingerprint density at radius 1 is 1.19 bits per heavy atom. The molecule has 5 nitrogen and oxygen atoms in total. The van der Waals surface area contributed by atoms with Crippen molar-refractivity contribution in [2.75, 3.05) is 0 Å². The molecule has 0 aliphatic carbocycles. The second-order valence-corrected chi connectivity index (χ2v) is 6.29. The summed E-state index contributed by atoms with van der Waals surface area (Å²) < 4.78 is 0. The molecule has 0 aliphatic heterocycles. The standard InChI is InChI=1S/C20H17ClN2O3/c21-15-5-3-4-13(10-15)8-9-19(24)23-18(20(25)26)11-14-12-22-17-7-2-1-6-16(14)17/h1-10,12,18,22H,11H2,(H,23,24)(H,25,26)/t18-/m0/s1. The lowest BCUT2D eigenvalue weighted by atomic mass is 10.0. The van der Waals surface area contributed by atoms with Crippen LogP contribution in [0.2, 0.25) is 5.02 Å². The van der Waals surface area contributed by atoms with Gasteiger partial charge in [0.1, 0.15) is 6.04 Å². The summed E-state index contributed by atoms with van der Waals surface area (Å²) in [6.07, 6.45) is 4.85. The van der Waals surface area contributed by atoms with Crippen LogP contribution in [0.25, 0.3) is 17.0 Å². The monoisotopic (exact) mass is 368 g/mol. The zero-order chi connectivity index (χ0) is 18.5. The quantitative estimate of drug-likeness (QED) is 0.581. The highest BCUT2D eigenvalue weighted by molar-refractivity contribution is 6.30. The van der Waals surface area contributed by atoms with E-state index in [-0.39, 0.29) is 6.42 Å². The Morgan fingerprint density at radius 3 is 2.77 bits per heavy atom. The molecule has 0 radical (unpaired) electrons. The predicted octanol–water partition coefficient (Wildman–Crippen LogP) is 3.65. The largest absolute Gasteiger partial charge is 0.480 e. The molecular weight excluding hydrogens is 352 g/mol. The lowest BCUT2D eigenvalue weighted by Gasteiger charge is -2.12. The highest BCUT2D eigenvalue weighted by atomic mass is 35.5. The van der Waals surface area contributed by atoms with Crippen LogP contribution in [-0.2, 0) is 16.0 Å². The summed E-state index contributed by atoms with van der Waals surface area (Å²) in [6.45, 7) is 0. The molecule has 1 amide bonds. The average Bonchev–Trinajstić information content (AvgIpc) is 3.02. The molecule has 132 valence electrons. The molecule has 0 aliphatic rings. The molecule has 3 rings (SSSR count). The van der Waals surface area contributed by atoms with Crippen molar-refractivity contribution in [1.82, 2.24) is 10.3 Å². The number of rotatable bonds is 6. The van der Waals surface area contributed by atoms with E-state index in [4.69, 9.17) is 11.6 Å². The number of carboxylic acid groups (broad SMARTS) is 1. The first kappa shape index (κ1) is 17.8. The van der Waals surface area contributed by atoms with Crippen molar-refractivity contribution in [2.45, 2.75) is 12.5 Å². The number of fused-ring (bicyclic) bond motifs is 1. The second kappa shape index (κ2) is 7.89. The summed E-state index contributed by atoms with van der Waals surface area (Å²) in [7, 11) is 0. The number of aromatic nitrogens is 1. The molecule has 3 aromatic rings. The van der Waals surface area contributed by atoms with Gasteiger partial charge in [-0.05, 0) is 35.4 Å². The van der Waals surface area contributed by atoms with Crippen LogP contribution in [0.3, 0.4) is 0 Å². The fourth-order valence-corrected chi connectivity index (χ4v) is 2.92. The Hall–Kier alpha value is -3.05. The van der Waals surface area contributed by atoms with Crippen LogP contribution in [0.5, 0.6) is 0 Å². The SMILES string of the molecule is O=C(C=Cc1cccc(Cl)c1)N[C@@H](Cc1c[nH]c2ccccc12)C(=O)O. The number of hydrogen-bond acceptors (Lipinski definition) is 2. The first-order valence-corrected chi connectivity index (χ1v) is 8.42. The van der Waals surface area contributed by atoms with Gasteiger partial charge in [-0.25, -0.2) is 4.79 Å². The molecule has 0 unspecified atom stereocenters. The molecule has 6 heteroatoms. The van der Waals surface area contributed by atoms with E-state index in [1.54, 1.807) is 36.5 Å². The Bertz CT molecular complexity index is 978. The summed E-state index contributed by atoms with van der Waals surface area (Å²) in [5, 5.41) is 13.5. The summed E-state index contributed by atoms with van der Waals surface area (Å²) >= 11 is 5.90. The lowest BCUT2D eigenvalue weighted by molar-refractivity contribution is -0.141. The van der Waals surface area contributed by atoms with E-state index in [2.05, 4.69) is 10.3 Å². The summed E-state index contributed by atoms with van der Waals surface area (Å²) in [5.41, 5.74) is 2.53. The van der Waals surface area contributed by atoms with E-state index in [9.17, 15) is 14.7 Å². The third-order valence-electron chi connectivity index (χ3n) is 3.99. The van der Waals surface area contributed by atoms with Crippen LogP contribution >= 0.6 is 11.6 Å². The van der Waals surface area contributed by atoms with Crippen molar-refractivity contribution in [1.29, 1.82) is 0 Å². The highest BCUT2D eigenvalue weighted by Gasteiger charge is 2.21. The minimum atomic E-state index is -1.08. The number of halogens is 1. The van der Waals surface area contributed by atoms with Crippen LogP contribution in [0.1, 0.15) is 11.1 Å². The Balaban J connectivity index is 1.70. The van der Waals surface area contributed by atoms with Crippen LogP contribution in [0.4, 0.5) is 0 Å². The molecule has 0 fully saturated rings. The van der Waals surface area contributed by atoms with Crippen LogP contribution in [0, 0.1) is 0 Å². The van der Waals surface area contributed by atoms with E-state index in [1.807, 2.05) is 24.3 Å². The second-order valence-electron chi connectivity index (χ2n) is 5.85. The average molecular weight is 369 g/mol. The number of para-hydroxylation sites is 1. The number of nitrogens with one attached hydrogen (secondary N) is 2. The van der Waals surface area contributed by atoms with Gasteiger partial charge < -0.3 is 15.4 Å². The highest BCUT2D eigenvalue weighted by Crippen LogP contribution is 2.19. The van der Waals surface area contributed by atoms with Crippen molar-refractivity contribution in [3.8, 4) is 0 Å². The minimum absolute atomic E-state index is 0.191. The lowest BCUT2D eigenvalue weighted by Crippen LogP contribution is -2.41. The molecular formula is C20H17ClN2O3. The number of H-pyrrole nitrogens is 1. The zero-order valence-electron chi connectivity index (χ0n) is 13.8. The zero-order valence-corrected chi connectivity index (χ0v) is 14.5. The van der Waals surface area contributed by atoms with E-state index >= 15 is 0 Å². The number of carbonyl (C=O) groups is 2. The van der Waals surface area contributed by atoms with Gasteiger partial charge in [-0.3, -0.25) is 4.79 Å². The first-order chi connectivity index (χ1) is 12.5. The van der Waals surface area contributed by atoms with Crippen molar-refractivity contribution >= 4 is 40.5 Å². The number of aromatic amines is 1. The first-order valence-electron chi connectivity index (χ1n) is 8.05. The number of hydrogen-bond donors (Lipinski definition) is 3. The van der Waals surface area contributed by atoms with Crippen molar-refractivity contribution in [3.63, 3.8) is 0 Å². The van der Waals surface area contributed by atoms with Gasteiger partial charge in [0.15, 0.2) is 0 Å². The maximum atomic E-state index is 12.1. The van der Waals surface area contributed by atoms with Gasteiger partial charge >= 0.3 is 5.97 Å². The fourth-order valence-electron chi connectivity index (χ4n) is 2.72. The van der Waals surface area contributed by atoms with Gasteiger partial charge in [-0.1, -0.05) is 41.9 Å². The fraction of sp³-hybridized carbons (Fsp3) is 0.100. The molecule has 0 spiro atoms. The number of carbonyl (C=O) groups excluding carboxylic acids is 1. The van der Waals surface area contributed by atoms with Gasteiger partial charge in [0.05, 0.1) is 0 Å². The van der Waals surface area contributed by atoms with Crippen LogP contribution in [0.15, 0.2) is 60.8 Å². The smallest absolute Gasteiger partial charge is 0.326 e. The topological polar surface area (TPSA) is 82.2 Å². The third-order valence-corrected chi connectivity index (χ3v) is 4.22. The van der Waals surface area contributed by atoms with Gasteiger partial charge in [-0.15, -0.1) is 0 Å². The maximum Gasteiger partial charge on any atom is 0.326 e. The normalized spacial score (nSPS) is 12.3. The minimum Gasteiger partial charge on any atom is -0.480 e. The van der Waals surface area contributed by atoms with E-state index in [1.165, 1.54) is 6.08 Å². The van der Waals surface area contributed by atoms with Gasteiger partial charge in [-0.2, -0.15) is 0 Å². The number of benzene rings is 2. The predicted molar refractivity (Wildman–Crippen MR) is 102 cm³/mol. The van der Waals surface area contributed by atoms with Crippen molar-refractivity contribution in [2.24, 2.45) is 0 Å². The van der Waals surface area contributed by atoms with E-state index < -0.39 is 17.9 Å². The molecule has 26 heavy (non-hydrogen) atoms. The van der Waals surface area contributed by atoms with Crippen LogP contribution in [-0.4, -0.2) is 28.0 Å². The van der Waals surface area contributed by atoms with Gasteiger partial charge in [0.2, 0.25) is 5.91 Å². The van der Waals surface area contributed by atoms with E-state index in [0.717, 1.165) is 22.0 Å². The molecule has 3 N–H and O–H groups in total. The van der Waals surface area contributed by atoms with Gasteiger partial charge in [0.25, 0.3) is 0 Å². The Morgan fingerprint density at radius 2 is 2.00 bits per heavy atom. The van der Waals surface area contributed by atoms with Crippen LogP contribution < -0.4 is 5.32 Å². The van der Waals surface area contributed by atoms with E-state index in [0.29, 0.717) is 5.02 Å². The molecule has 0 saturated heterocycles. The van der Waals surface area contributed by atoms with Crippen molar-refractivity contribution in [3.05, 3.63) is 77.0 Å². The Labute approximate surface area is 155 Å². The number of amides is 1. The maximum absolute atomic E-state index is 12.1. The number of aliphatic carboxylic acids is 1. The number of carboxylic acids is 1. The molecule has 0 saturated carbocycles. The summed E-state index contributed by atoms with van der Waals surface area (Å²) in [4.78, 5) is 26.8. The molecule has 1 heterocycles. The Kier molecular flexibility index (Phi) is 5.39. The molecule has 1 aromatic heterocycles. The third kappa shape index (κ3) is 4.32. The van der Waals surface area contributed by atoms with Crippen molar-refractivity contribution < 1.29 is 14.7 Å². The molecule has 0 bridgehead atoms. The van der Waals surface area contributed by atoms with Gasteiger partial charge in [0, 0.05) is 34.6 Å². The summed E-state index contributed by atoms with van der Waals surface area (Å²) in [6, 6.07) is 13.6. The molecule has 1 atom stereocenters.